The maximum Gasteiger partial charge on any atom is 0.282 e. The van der Waals surface area contributed by atoms with Crippen molar-refractivity contribution in [1.29, 1.82) is 0 Å². The van der Waals surface area contributed by atoms with E-state index in [4.69, 9.17) is 16.3 Å². The first-order valence-electron chi connectivity index (χ1n) is 14.4. The highest BCUT2D eigenvalue weighted by molar-refractivity contribution is 6.31. The second kappa shape index (κ2) is 12.6. The first-order chi connectivity index (χ1) is 20.8. The molecule has 13 heteroatoms. The number of halogens is 4. The van der Waals surface area contributed by atoms with Gasteiger partial charge in [0.15, 0.2) is 0 Å². The summed E-state index contributed by atoms with van der Waals surface area (Å²) >= 11 is 6.05. The van der Waals surface area contributed by atoms with Crippen LogP contribution in [-0.4, -0.2) is 58.4 Å². The van der Waals surface area contributed by atoms with Crippen LogP contribution in [0.2, 0.25) is 5.02 Å². The Kier molecular flexibility index (Phi) is 9.03. The lowest BCUT2D eigenvalue weighted by Gasteiger charge is -2.39. The van der Waals surface area contributed by atoms with Crippen LogP contribution in [0.4, 0.5) is 19.0 Å². The molecule has 2 aliphatic rings. The molecule has 0 unspecified atom stereocenters. The lowest BCUT2D eigenvalue weighted by molar-refractivity contribution is -0.113. The summed E-state index contributed by atoms with van der Waals surface area (Å²) in [4.78, 5) is 45.2. The van der Waals surface area contributed by atoms with Crippen LogP contribution < -0.4 is 20.9 Å². The fourth-order valence-electron chi connectivity index (χ4n) is 5.03. The summed E-state index contributed by atoms with van der Waals surface area (Å²) in [7, 11) is 0. The van der Waals surface area contributed by atoms with Crippen molar-refractivity contribution in [3.8, 4) is 17.0 Å². The molecule has 1 saturated carbocycles. The number of carbonyl (C=O) groups excluding carboxylic acids is 2. The molecule has 5 rings (SSSR count). The second-order valence-electron chi connectivity index (χ2n) is 11.5. The number of benzene rings is 1. The van der Waals surface area contributed by atoms with Gasteiger partial charge >= 0.3 is 0 Å². The zero-order valence-electron chi connectivity index (χ0n) is 24.6. The van der Waals surface area contributed by atoms with E-state index in [1.807, 2.05) is 0 Å². The second-order valence-corrected chi connectivity index (χ2v) is 12.0. The molecule has 44 heavy (non-hydrogen) atoms. The van der Waals surface area contributed by atoms with Gasteiger partial charge in [0.1, 0.15) is 17.2 Å². The molecular formula is C31H33ClF3N5O4. The molecule has 2 amide bonds. The van der Waals surface area contributed by atoms with Gasteiger partial charge in [-0.2, -0.15) is 4.98 Å². The van der Waals surface area contributed by atoms with Gasteiger partial charge in [0.25, 0.3) is 23.3 Å². The van der Waals surface area contributed by atoms with Crippen molar-refractivity contribution >= 4 is 29.2 Å². The summed E-state index contributed by atoms with van der Waals surface area (Å²) in [5, 5.41) is 5.85. The molecule has 0 radical (unpaired) electrons. The fourth-order valence-corrected chi connectivity index (χ4v) is 5.24. The molecule has 0 spiro atoms. The van der Waals surface area contributed by atoms with E-state index in [1.54, 1.807) is 17.7 Å². The molecule has 0 bridgehead atoms. The van der Waals surface area contributed by atoms with Gasteiger partial charge in [-0.3, -0.25) is 14.4 Å². The van der Waals surface area contributed by atoms with Gasteiger partial charge in [0, 0.05) is 35.4 Å². The highest BCUT2D eigenvalue weighted by Gasteiger charge is 2.47. The molecule has 0 atom stereocenters. The average Bonchev–Trinajstić information content (AvgIpc) is 3.77. The van der Waals surface area contributed by atoms with Crippen LogP contribution in [0.3, 0.4) is 0 Å². The summed E-state index contributed by atoms with van der Waals surface area (Å²) in [6.45, 7) is 5.65. The van der Waals surface area contributed by atoms with Crippen molar-refractivity contribution in [2.45, 2.75) is 52.1 Å². The van der Waals surface area contributed by atoms with E-state index < -0.39 is 42.2 Å². The van der Waals surface area contributed by atoms with Crippen LogP contribution in [0.5, 0.6) is 5.88 Å². The third-order valence-corrected chi connectivity index (χ3v) is 7.43. The van der Waals surface area contributed by atoms with Crippen molar-refractivity contribution in [3.05, 3.63) is 74.4 Å². The van der Waals surface area contributed by atoms with Crippen LogP contribution >= 0.6 is 11.6 Å². The van der Waals surface area contributed by atoms with Gasteiger partial charge < -0.3 is 24.8 Å². The Hall–Kier alpha value is -3.90. The first kappa shape index (κ1) is 31.5. The van der Waals surface area contributed by atoms with E-state index in [1.165, 1.54) is 24.3 Å². The van der Waals surface area contributed by atoms with E-state index in [0.29, 0.717) is 12.5 Å². The normalized spacial score (nSPS) is 15.7. The standard InChI is InChI=1S/C31H33ClF3N5O4/c1-4-44-26-9-19(27-22(10-20(32)11-24(27)33)29(42)39-15-31(34,35)16-39)8-25(37-26)38-28(41)23-7-18(13-36-12-17(2)3)14-40(30(23)43)21-5-6-21/h7-11,14,17,21,36H,4-6,12-13,15-16H2,1-3H3,(H,37,38,41). The van der Waals surface area contributed by atoms with Crippen LogP contribution in [0, 0.1) is 11.7 Å². The zero-order chi connectivity index (χ0) is 31.8. The van der Waals surface area contributed by atoms with E-state index in [-0.39, 0.29) is 51.6 Å². The summed E-state index contributed by atoms with van der Waals surface area (Å²) in [5.74, 6) is -5.10. The Morgan fingerprint density at radius 1 is 1.14 bits per heavy atom. The fraction of sp³-hybridized carbons (Fsp3) is 0.419. The SMILES string of the molecule is CCOc1cc(-c2c(F)cc(Cl)cc2C(=O)N2CC(F)(F)C2)cc(NC(=O)c2cc(CNCC(C)C)cn(C3CC3)c2=O)n1. The number of amides is 2. The predicted molar refractivity (Wildman–Crippen MR) is 160 cm³/mol. The molecule has 9 nitrogen and oxygen atoms in total. The largest absolute Gasteiger partial charge is 0.478 e. The van der Waals surface area contributed by atoms with Crippen molar-refractivity contribution in [3.63, 3.8) is 0 Å². The van der Waals surface area contributed by atoms with Crippen molar-refractivity contribution in [2.24, 2.45) is 5.92 Å². The lowest BCUT2D eigenvalue weighted by atomic mass is 9.97. The molecule has 2 N–H and O–H groups in total. The van der Waals surface area contributed by atoms with E-state index in [0.717, 1.165) is 35.9 Å². The van der Waals surface area contributed by atoms with E-state index >= 15 is 4.39 Å². The molecule has 2 aromatic heterocycles. The number of nitrogens with one attached hydrogen (secondary N) is 2. The Bertz CT molecular complexity index is 1650. The molecular weight excluding hydrogens is 599 g/mol. The van der Waals surface area contributed by atoms with Crippen LogP contribution in [0.1, 0.15) is 65.9 Å². The topological polar surface area (TPSA) is 106 Å². The molecule has 2 fully saturated rings. The van der Waals surface area contributed by atoms with Gasteiger partial charge in [-0.25, -0.2) is 13.2 Å². The number of rotatable bonds is 11. The minimum atomic E-state index is -3.02. The quantitative estimate of drug-likeness (QED) is 0.289. The number of hydrogen-bond donors (Lipinski definition) is 2. The molecule has 1 aliphatic carbocycles. The number of nitrogens with zero attached hydrogens (tertiary/aromatic N) is 3. The van der Waals surface area contributed by atoms with Crippen molar-refractivity contribution in [2.75, 3.05) is 31.6 Å². The van der Waals surface area contributed by atoms with Gasteiger partial charge in [-0.05, 0) is 67.6 Å². The summed E-state index contributed by atoms with van der Waals surface area (Å²) < 4.78 is 49.6. The maximum atomic E-state index is 15.4. The Morgan fingerprint density at radius 2 is 1.86 bits per heavy atom. The number of hydrogen-bond acceptors (Lipinski definition) is 6. The number of carbonyl (C=O) groups is 2. The van der Waals surface area contributed by atoms with Crippen LogP contribution in [0.25, 0.3) is 11.1 Å². The predicted octanol–water partition coefficient (Wildman–Crippen LogP) is 5.53. The van der Waals surface area contributed by atoms with Gasteiger partial charge in [0.05, 0.1) is 25.3 Å². The maximum absolute atomic E-state index is 15.4. The minimum Gasteiger partial charge on any atom is -0.478 e. The number of anilines is 1. The van der Waals surface area contributed by atoms with E-state index in [2.05, 4.69) is 29.5 Å². The minimum absolute atomic E-state index is 0.00515. The molecule has 3 heterocycles. The summed E-state index contributed by atoms with van der Waals surface area (Å²) in [6, 6.07) is 6.46. The Morgan fingerprint density at radius 3 is 2.50 bits per heavy atom. The highest BCUT2D eigenvalue weighted by Crippen LogP contribution is 2.37. The number of aromatic nitrogens is 2. The van der Waals surface area contributed by atoms with Crippen LogP contribution in [-0.2, 0) is 6.54 Å². The van der Waals surface area contributed by atoms with Crippen LogP contribution in [0.15, 0.2) is 41.3 Å². The number of pyridine rings is 2. The molecule has 1 aliphatic heterocycles. The zero-order valence-corrected chi connectivity index (χ0v) is 25.3. The number of ether oxygens (including phenoxy) is 1. The third-order valence-electron chi connectivity index (χ3n) is 7.21. The first-order valence-corrected chi connectivity index (χ1v) is 14.8. The number of likely N-dealkylation sites (tertiary alicyclic amines) is 1. The van der Waals surface area contributed by atoms with Gasteiger partial charge in [-0.15, -0.1) is 0 Å². The monoisotopic (exact) mass is 631 g/mol. The highest BCUT2D eigenvalue weighted by atomic mass is 35.5. The van der Waals surface area contributed by atoms with Crippen molar-refractivity contribution < 1.29 is 27.5 Å². The molecule has 1 aromatic carbocycles. The molecule has 3 aromatic rings. The summed E-state index contributed by atoms with van der Waals surface area (Å²) in [6.07, 6.45) is 3.45. The average molecular weight is 632 g/mol. The number of alkyl halides is 2. The third kappa shape index (κ3) is 7.07. The summed E-state index contributed by atoms with van der Waals surface area (Å²) in [5.41, 5.74) is -0.124. The van der Waals surface area contributed by atoms with Crippen molar-refractivity contribution in [1.82, 2.24) is 19.8 Å². The smallest absolute Gasteiger partial charge is 0.282 e. The van der Waals surface area contributed by atoms with Gasteiger partial charge in [-0.1, -0.05) is 25.4 Å². The molecule has 234 valence electrons. The van der Waals surface area contributed by atoms with Gasteiger partial charge in [0.2, 0.25) is 5.88 Å². The van der Waals surface area contributed by atoms with E-state index in [9.17, 15) is 23.2 Å². The molecule has 1 saturated heterocycles. The lowest BCUT2D eigenvalue weighted by Crippen LogP contribution is -2.58. The Labute approximate surface area is 257 Å². The Balaban J connectivity index is 1.50.